The minimum atomic E-state index is -4.39. The van der Waals surface area contributed by atoms with Crippen LogP contribution in [0.1, 0.15) is 18.5 Å². The van der Waals surface area contributed by atoms with Crippen LogP contribution in [0.25, 0.3) is 0 Å². The molecular formula is C11H16Cl2F3N3. The lowest BCUT2D eigenvalue weighted by Crippen LogP contribution is -2.40. The third-order valence-corrected chi connectivity index (χ3v) is 2.89. The summed E-state index contributed by atoms with van der Waals surface area (Å²) in [5.74, 6) is 0.381. The minimum Gasteiger partial charge on any atom is -0.356 e. The Labute approximate surface area is 122 Å². The molecule has 0 atom stereocenters. The fourth-order valence-corrected chi connectivity index (χ4v) is 1.89. The van der Waals surface area contributed by atoms with E-state index in [0.717, 1.165) is 18.9 Å². The molecule has 0 amide bonds. The monoisotopic (exact) mass is 317 g/mol. The van der Waals surface area contributed by atoms with Gasteiger partial charge in [0.2, 0.25) is 0 Å². The molecule has 0 spiro atoms. The summed E-state index contributed by atoms with van der Waals surface area (Å²) < 4.78 is 37.5. The van der Waals surface area contributed by atoms with Crippen LogP contribution in [-0.2, 0) is 6.18 Å². The number of nitrogens with zero attached hydrogens (tertiary/aromatic N) is 2. The van der Waals surface area contributed by atoms with Crippen molar-refractivity contribution in [3.63, 3.8) is 0 Å². The number of pyridine rings is 1. The second-order valence-electron chi connectivity index (χ2n) is 4.20. The Kier molecular flexibility index (Phi) is 6.89. The second-order valence-corrected chi connectivity index (χ2v) is 4.20. The maximum absolute atomic E-state index is 12.5. The number of nitrogens with two attached hydrogens (primary N) is 1. The number of piperidine rings is 1. The standard InChI is InChI=1S/C11H14F3N3.2ClH/c12-11(13,14)9-2-1-3-10(16-9)17-6-4-8(15)5-7-17;;/h1-3,8H,4-7,15H2;2*1H. The summed E-state index contributed by atoms with van der Waals surface area (Å²) >= 11 is 0. The highest BCUT2D eigenvalue weighted by molar-refractivity contribution is 5.85. The molecule has 1 saturated heterocycles. The Morgan fingerprint density at radius 3 is 2.26 bits per heavy atom. The van der Waals surface area contributed by atoms with Gasteiger partial charge < -0.3 is 10.6 Å². The molecular weight excluding hydrogens is 302 g/mol. The van der Waals surface area contributed by atoms with E-state index in [4.69, 9.17) is 5.73 Å². The van der Waals surface area contributed by atoms with Crippen molar-refractivity contribution in [2.75, 3.05) is 18.0 Å². The summed E-state index contributed by atoms with van der Waals surface area (Å²) in [5, 5.41) is 0. The molecule has 0 aliphatic carbocycles. The first-order chi connectivity index (χ1) is 7.97. The van der Waals surface area contributed by atoms with Gasteiger partial charge in [-0.05, 0) is 25.0 Å². The van der Waals surface area contributed by atoms with Crippen LogP contribution < -0.4 is 10.6 Å². The minimum absolute atomic E-state index is 0. The first-order valence-corrected chi connectivity index (χ1v) is 5.51. The summed E-state index contributed by atoms with van der Waals surface area (Å²) in [7, 11) is 0. The molecule has 1 aromatic rings. The van der Waals surface area contributed by atoms with E-state index in [2.05, 4.69) is 4.98 Å². The van der Waals surface area contributed by atoms with Gasteiger partial charge in [0.05, 0.1) is 0 Å². The van der Waals surface area contributed by atoms with Crippen LogP contribution in [0.3, 0.4) is 0 Å². The van der Waals surface area contributed by atoms with Crippen LogP contribution in [-0.4, -0.2) is 24.1 Å². The molecule has 2 heterocycles. The first-order valence-electron chi connectivity index (χ1n) is 5.51. The van der Waals surface area contributed by atoms with Crippen LogP contribution >= 0.6 is 24.8 Å². The van der Waals surface area contributed by atoms with Crippen molar-refractivity contribution in [3.05, 3.63) is 23.9 Å². The number of rotatable bonds is 1. The Balaban J connectivity index is 0.00000162. The topological polar surface area (TPSA) is 42.1 Å². The van der Waals surface area contributed by atoms with E-state index in [1.54, 1.807) is 6.07 Å². The molecule has 0 unspecified atom stereocenters. The number of anilines is 1. The van der Waals surface area contributed by atoms with Crippen molar-refractivity contribution in [2.45, 2.75) is 25.1 Å². The number of alkyl halides is 3. The quantitative estimate of drug-likeness (QED) is 0.866. The molecule has 1 aliphatic rings. The van der Waals surface area contributed by atoms with Gasteiger partial charge in [-0.3, -0.25) is 0 Å². The van der Waals surface area contributed by atoms with Gasteiger partial charge in [0.1, 0.15) is 11.5 Å². The molecule has 3 nitrogen and oxygen atoms in total. The largest absolute Gasteiger partial charge is 0.433 e. The van der Waals surface area contributed by atoms with Gasteiger partial charge in [-0.2, -0.15) is 13.2 Å². The summed E-state index contributed by atoms with van der Waals surface area (Å²) in [4.78, 5) is 5.50. The van der Waals surface area contributed by atoms with Crippen molar-refractivity contribution in [2.24, 2.45) is 5.73 Å². The molecule has 1 aliphatic heterocycles. The second kappa shape index (κ2) is 7.17. The SMILES string of the molecule is Cl.Cl.NC1CCN(c2cccc(C(F)(F)F)n2)CC1. The summed E-state index contributed by atoms with van der Waals surface area (Å²) in [5.41, 5.74) is 4.90. The number of hydrogen-bond donors (Lipinski definition) is 1. The molecule has 2 N–H and O–H groups in total. The van der Waals surface area contributed by atoms with Crippen molar-refractivity contribution < 1.29 is 13.2 Å². The van der Waals surface area contributed by atoms with Gasteiger partial charge in [0.15, 0.2) is 0 Å². The van der Waals surface area contributed by atoms with E-state index in [9.17, 15) is 13.2 Å². The molecule has 1 aromatic heterocycles. The molecule has 8 heteroatoms. The van der Waals surface area contributed by atoms with Crippen molar-refractivity contribution >= 4 is 30.6 Å². The summed E-state index contributed by atoms with van der Waals surface area (Å²) in [6.45, 7) is 1.32. The number of aromatic nitrogens is 1. The van der Waals surface area contributed by atoms with E-state index in [1.165, 1.54) is 6.07 Å². The maximum atomic E-state index is 12.5. The highest BCUT2D eigenvalue weighted by atomic mass is 35.5. The highest BCUT2D eigenvalue weighted by Gasteiger charge is 2.33. The normalized spacial score (nSPS) is 16.5. The van der Waals surface area contributed by atoms with Crippen molar-refractivity contribution in [3.8, 4) is 0 Å². The molecule has 0 saturated carbocycles. The van der Waals surface area contributed by atoms with Crippen molar-refractivity contribution in [1.82, 2.24) is 4.98 Å². The van der Waals surface area contributed by atoms with Gasteiger partial charge in [-0.1, -0.05) is 6.07 Å². The number of halogens is 5. The molecule has 1 fully saturated rings. The third-order valence-electron chi connectivity index (χ3n) is 2.89. The van der Waals surface area contributed by atoms with Gasteiger partial charge in [-0.15, -0.1) is 24.8 Å². The summed E-state index contributed by atoms with van der Waals surface area (Å²) in [6, 6.07) is 4.13. The highest BCUT2D eigenvalue weighted by Crippen LogP contribution is 2.29. The van der Waals surface area contributed by atoms with E-state index >= 15 is 0 Å². The third kappa shape index (κ3) is 4.71. The molecule has 0 bridgehead atoms. The Morgan fingerprint density at radius 1 is 1.16 bits per heavy atom. The van der Waals surface area contributed by atoms with Gasteiger partial charge >= 0.3 is 6.18 Å². The molecule has 0 aromatic carbocycles. The van der Waals surface area contributed by atoms with Crippen LogP contribution in [0.2, 0.25) is 0 Å². The van der Waals surface area contributed by atoms with E-state index in [0.29, 0.717) is 18.9 Å². The smallest absolute Gasteiger partial charge is 0.356 e. The predicted octanol–water partition coefficient (Wildman–Crippen LogP) is 2.87. The lowest BCUT2D eigenvalue weighted by Gasteiger charge is -2.31. The Morgan fingerprint density at radius 2 is 1.74 bits per heavy atom. The zero-order valence-corrected chi connectivity index (χ0v) is 11.7. The van der Waals surface area contributed by atoms with Gasteiger partial charge in [0.25, 0.3) is 0 Å². The van der Waals surface area contributed by atoms with Crippen LogP contribution in [0, 0.1) is 0 Å². The zero-order valence-electron chi connectivity index (χ0n) is 10.1. The van der Waals surface area contributed by atoms with Crippen LogP contribution in [0.5, 0.6) is 0 Å². The zero-order chi connectivity index (χ0) is 12.5. The summed E-state index contributed by atoms with van der Waals surface area (Å²) in [6.07, 6.45) is -2.81. The Bertz CT molecular complexity index is 393. The molecule has 110 valence electrons. The molecule has 2 rings (SSSR count). The van der Waals surface area contributed by atoms with E-state index in [-0.39, 0.29) is 30.9 Å². The maximum Gasteiger partial charge on any atom is 0.433 e. The fraction of sp³-hybridized carbons (Fsp3) is 0.545. The fourth-order valence-electron chi connectivity index (χ4n) is 1.89. The lowest BCUT2D eigenvalue weighted by atomic mass is 10.1. The average Bonchev–Trinajstić information content (AvgIpc) is 2.29. The first kappa shape index (κ1) is 18.3. The van der Waals surface area contributed by atoms with E-state index in [1.807, 2.05) is 4.90 Å². The molecule has 0 radical (unpaired) electrons. The van der Waals surface area contributed by atoms with Crippen LogP contribution in [0.4, 0.5) is 19.0 Å². The predicted molar refractivity (Wildman–Crippen MR) is 73.2 cm³/mol. The van der Waals surface area contributed by atoms with Crippen molar-refractivity contribution in [1.29, 1.82) is 0 Å². The average molecular weight is 318 g/mol. The lowest BCUT2D eigenvalue weighted by molar-refractivity contribution is -0.141. The van der Waals surface area contributed by atoms with E-state index < -0.39 is 11.9 Å². The number of hydrogen-bond acceptors (Lipinski definition) is 3. The molecule has 19 heavy (non-hydrogen) atoms. The van der Waals surface area contributed by atoms with Gasteiger partial charge in [0, 0.05) is 19.1 Å². The Hall–Kier alpha value is -0.720. The van der Waals surface area contributed by atoms with Crippen LogP contribution in [0.15, 0.2) is 18.2 Å². The van der Waals surface area contributed by atoms with Gasteiger partial charge in [-0.25, -0.2) is 4.98 Å².